The lowest BCUT2D eigenvalue weighted by Crippen LogP contribution is -2.58. The van der Waals surface area contributed by atoms with Crippen molar-refractivity contribution in [2.24, 2.45) is 5.41 Å². The number of alkyl halides is 4. The SMILES string of the molecule is FC(F)(F)C12CCCC(I)(C1)C2. The monoisotopic (exact) mass is 290 g/mol. The molecule has 0 amide bonds. The summed E-state index contributed by atoms with van der Waals surface area (Å²) < 4.78 is 37.6. The van der Waals surface area contributed by atoms with Crippen LogP contribution in [0.2, 0.25) is 0 Å². The van der Waals surface area contributed by atoms with Gasteiger partial charge in [-0.25, -0.2) is 0 Å². The van der Waals surface area contributed by atoms with Gasteiger partial charge in [0.05, 0.1) is 5.41 Å². The van der Waals surface area contributed by atoms with Crippen LogP contribution in [0.3, 0.4) is 0 Å². The molecule has 3 aliphatic rings. The van der Waals surface area contributed by atoms with Gasteiger partial charge in [0.1, 0.15) is 0 Å². The molecule has 4 heteroatoms. The van der Waals surface area contributed by atoms with Crippen molar-refractivity contribution in [3.05, 3.63) is 0 Å². The molecule has 0 N–H and O–H groups in total. The number of rotatable bonds is 0. The highest BCUT2D eigenvalue weighted by Crippen LogP contribution is 2.68. The largest absolute Gasteiger partial charge is 0.394 e. The van der Waals surface area contributed by atoms with Crippen LogP contribution in [0, 0.1) is 5.41 Å². The average molecular weight is 290 g/mol. The van der Waals surface area contributed by atoms with Crippen molar-refractivity contribution in [2.75, 3.05) is 0 Å². The van der Waals surface area contributed by atoms with Crippen molar-refractivity contribution in [1.82, 2.24) is 0 Å². The lowest BCUT2D eigenvalue weighted by atomic mass is 9.54. The molecule has 3 fully saturated rings. The van der Waals surface area contributed by atoms with Gasteiger partial charge in [-0.05, 0) is 25.7 Å². The summed E-state index contributed by atoms with van der Waals surface area (Å²) in [6, 6.07) is 0. The van der Waals surface area contributed by atoms with Crippen molar-refractivity contribution in [3.63, 3.8) is 0 Å². The Kier molecular flexibility index (Phi) is 1.75. The highest BCUT2D eigenvalue weighted by molar-refractivity contribution is 14.1. The lowest BCUT2D eigenvalue weighted by Gasteiger charge is -2.58. The third kappa shape index (κ3) is 1.09. The molecule has 0 spiro atoms. The Bertz CT molecular complexity index is 203. The minimum atomic E-state index is -3.96. The average Bonchev–Trinajstić information content (AvgIpc) is 1.82. The van der Waals surface area contributed by atoms with Gasteiger partial charge in [0.15, 0.2) is 0 Å². The van der Waals surface area contributed by atoms with E-state index in [-0.39, 0.29) is 3.42 Å². The van der Waals surface area contributed by atoms with Gasteiger partial charge < -0.3 is 0 Å². The van der Waals surface area contributed by atoms with Crippen molar-refractivity contribution < 1.29 is 13.2 Å². The Balaban J connectivity index is 2.17. The zero-order chi connectivity index (χ0) is 9.04. The Morgan fingerprint density at radius 2 is 1.67 bits per heavy atom. The summed E-state index contributed by atoms with van der Waals surface area (Å²) in [4.78, 5) is 0. The van der Waals surface area contributed by atoms with Crippen LogP contribution in [-0.4, -0.2) is 9.60 Å². The highest BCUT2D eigenvalue weighted by Gasteiger charge is 2.68. The fraction of sp³-hybridized carbons (Fsp3) is 1.00. The van der Waals surface area contributed by atoms with E-state index in [1.807, 2.05) is 0 Å². The van der Waals surface area contributed by atoms with E-state index in [1.54, 1.807) is 0 Å². The maximum absolute atomic E-state index is 12.5. The van der Waals surface area contributed by atoms with Gasteiger partial charge in [0.2, 0.25) is 0 Å². The van der Waals surface area contributed by atoms with Crippen LogP contribution >= 0.6 is 22.6 Å². The van der Waals surface area contributed by atoms with E-state index < -0.39 is 11.6 Å². The number of hydrogen-bond acceptors (Lipinski definition) is 0. The van der Waals surface area contributed by atoms with Gasteiger partial charge in [-0.3, -0.25) is 0 Å². The Morgan fingerprint density at radius 3 is 2.00 bits per heavy atom. The predicted molar refractivity (Wildman–Crippen MR) is 48.3 cm³/mol. The molecule has 12 heavy (non-hydrogen) atoms. The van der Waals surface area contributed by atoms with Crippen molar-refractivity contribution >= 4 is 22.6 Å². The first-order valence-electron chi connectivity index (χ1n) is 4.13. The van der Waals surface area contributed by atoms with Crippen molar-refractivity contribution in [1.29, 1.82) is 0 Å². The van der Waals surface area contributed by atoms with E-state index >= 15 is 0 Å². The van der Waals surface area contributed by atoms with Crippen LogP contribution in [0.1, 0.15) is 32.1 Å². The molecule has 3 saturated carbocycles. The van der Waals surface area contributed by atoms with Crippen LogP contribution in [0.4, 0.5) is 13.2 Å². The summed E-state index contributed by atoms with van der Waals surface area (Å²) >= 11 is 2.21. The molecule has 0 aromatic heterocycles. The first-order valence-corrected chi connectivity index (χ1v) is 5.21. The highest BCUT2D eigenvalue weighted by atomic mass is 127. The number of hydrogen-bond donors (Lipinski definition) is 0. The minimum absolute atomic E-state index is 0.00840. The Labute approximate surface area is 83.0 Å². The second-order valence-corrected chi connectivity index (χ2v) is 6.42. The van der Waals surface area contributed by atoms with Crippen LogP contribution < -0.4 is 0 Å². The molecular weight excluding hydrogens is 280 g/mol. The van der Waals surface area contributed by atoms with Gasteiger partial charge in [-0.1, -0.05) is 29.0 Å². The number of fused-ring (bicyclic) bond motifs is 2. The van der Waals surface area contributed by atoms with Gasteiger partial charge in [-0.2, -0.15) is 13.2 Å². The smallest absolute Gasteiger partial charge is 0.171 e. The van der Waals surface area contributed by atoms with Crippen molar-refractivity contribution in [2.45, 2.75) is 41.7 Å². The summed E-state index contributed by atoms with van der Waals surface area (Å²) in [5, 5.41) is 0. The molecule has 70 valence electrons. The fourth-order valence-corrected chi connectivity index (χ4v) is 4.44. The van der Waals surface area contributed by atoms with Crippen LogP contribution in [0.15, 0.2) is 0 Å². The molecule has 3 rings (SSSR count). The molecule has 0 aliphatic heterocycles. The number of halogens is 4. The van der Waals surface area contributed by atoms with Gasteiger partial charge >= 0.3 is 6.18 Å². The fourth-order valence-electron chi connectivity index (χ4n) is 2.60. The van der Waals surface area contributed by atoms with E-state index in [1.165, 1.54) is 0 Å². The zero-order valence-electron chi connectivity index (χ0n) is 6.55. The van der Waals surface area contributed by atoms with Gasteiger partial charge in [0.25, 0.3) is 0 Å². The quantitative estimate of drug-likeness (QED) is 0.471. The third-order valence-corrected chi connectivity index (χ3v) is 4.49. The second-order valence-electron chi connectivity index (χ2n) is 4.14. The molecule has 3 aliphatic carbocycles. The Hall–Kier alpha value is 0.520. The molecule has 0 aromatic rings. The molecule has 2 bridgehead atoms. The molecule has 0 aromatic carbocycles. The second kappa shape index (κ2) is 2.30. The maximum Gasteiger partial charge on any atom is 0.394 e. The Morgan fingerprint density at radius 1 is 1.08 bits per heavy atom. The van der Waals surface area contributed by atoms with Crippen LogP contribution in [0.5, 0.6) is 0 Å². The molecule has 0 atom stereocenters. The molecule has 0 radical (unpaired) electrons. The molecular formula is C8H10F3I. The normalized spacial score (nSPS) is 47.0. The summed E-state index contributed by atoms with van der Waals surface area (Å²) in [5.41, 5.74) is -1.29. The van der Waals surface area contributed by atoms with E-state index in [0.717, 1.165) is 12.8 Å². The summed E-state index contributed by atoms with van der Waals surface area (Å²) in [7, 11) is 0. The summed E-state index contributed by atoms with van der Waals surface area (Å²) in [5.74, 6) is 0. The first kappa shape index (κ1) is 9.09. The predicted octanol–water partition coefficient (Wildman–Crippen LogP) is 3.69. The maximum atomic E-state index is 12.5. The van der Waals surface area contributed by atoms with Crippen molar-refractivity contribution in [3.8, 4) is 0 Å². The van der Waals surface area contributed by atoms with E-state index in [0.29, 0.717) is 19.3 Å². The van der Waals surface area contributed by atoms with Gasteiger partial charge in [-0.15, -0.1) is 0 Å². The zero-order valence-corrected chi connectivity index (χ0v) is 8.70. The van der Waals surface area contributed by atoms with E-state index in [2.05, 4.69) is 22.6 Å². The molecule has 0 heterocycles. The topological polar surface area (TPSA) is 0 Å². The van der Waals surface area contributed by atoms with Crippen LogP contribution in [-0.2, 0) is 0 Å². The van der Waals surface area contributed by atoms with E-state index in [4.69, 9.17) is 0 Å². The molecule has 0 nitrogen and oxygen atoms in total. The third-order valence-electron chi connectivity index (χ3n) is 3.19. The summed E-state index contributed by atoms with van der Waals surface area (Å²) in [6.45, 7) is 0. The minimum Gasteiger partial charge on any atom is -0.171 e. The van der Waals surface area contributed by atoms with Crippen LogP contribution in [0.25, 0.3) is 0 Å². The lowest BCUT2D eigenvalue weighted by molar-refractivity contribution is -0.269. The first-order chi connectivity index (χ1) is 5.37. The van der Waals surface area contributed by atoms with E-state index in [9.17, 15) is 13.2 Å². The molecule has 0 saturated heterocycles. The summed E-state index contributed by atoms with van der Waals surface area (Å²) in [6.07, 6.45) is -1.13. The molecule has 0 unspecified atom stereocenters. The standard InChI is InChI=1S/C8H10F3I/c9-8(10,11)6-2-1-3-7(12,4-6)5-6/h1-5H2. The van der Waals surface area contributed by atoms with Gasteiger partial charge in [0, 0.05) is 3.42 Å².